The highest BCUT2D eigenvalue weighted by Gasteiger charge is 1.93. The molecule has 0 heterocycles. The third-order valence-electron chi connectivity index (χ3n) is 3.19. The molecule has 0 aromatic heterocycles. The van der Waals surface area contributed by atoms with Gasteiger partial charge >= 0.3 is 0 Å². The quantitative estimate of drug-likeness (QED) is 0.372. The van der Waals surface area contributed by atoms with Crippen LogP contribution in [-0.4, -0.2) is 24.9 Å². The maximum Gasteiger partial charge on any atom is 0.163 e. The van der Waals surface area contributed by atoms with Crippen molar-refractivity contribution in [2.45, 2.75) is 71.1 Å². The number of hydrogen-bond donors (Lipinski definition) is 2. The van der Waals surface area contributed by atoms with Crippen molar-refractivity contribution in [2.75, 3.05) is 19.8 Å². The van der Waals surface area contributed by atoms with Gasteiger partial charge in [0.2, 0.25) is 0 Å². The van der Waals surface area contributed by atoms with Gasteiger partial charge in [-0.25, -0.2) is 0 Å². The number of hydrogen-bond acceptors (Lipinski definition) is 2. The topological polar surface area (TPSA) is 47.3 Å². The lowest BCUT2D eigenvalue weighted by atomic mass is 10.1. The molecule has 0 fully saturated rings. The van der Waals surface area contributed by atoms with Crippen molar-refractivity contribution in [2.24, 2.45) is 5.73 Å². The lowest BCUT2D eigenvalue weighted by Gasteiger charge is -2.05. The van der Waals surface area contributed by atoms with Crippen LogP contribution in [0.15, 0.2) is 0 Å². The van der Waals surface area contributed by atoms with E-state index >= 15 is 0 Å². The van der Waals surface area contributed by atoms with E-state index in [0.29, 0.717) is 18.3 Å². The molecular weight excluding hydrogens is 292 g/mol. The number of halogens is 1. The van der Waals surface area contributed by atoms with E-state index in [2.05, 4.69) is 12.2 Å². The van der Waals surface area contributed by atoms with Crippen molar-refractivity contribution in [1.29, 1.82) is 0 Å². The molecule has 122 valence electrons. The molecule has 3 N–H and O–H groups in total. The number of unbranched alkanes of at least 4 members (excludes halogenated alkanes) is 9. The van der Waals surface area contributed by atoms with Gasteiger partial charge < -0.3 is 15.8 Å². The Kier molecular flexibility index (Phi) is 21.0. The molecule has 5 heteroatoms. The first kappa shape index (κ1) is 22.2. The Hall–Kier alpha value is -0.0600. The summed E-state index contributed by atoms with van der Waals surface area (Å²) in [6.07, 6.45) is 13.6. The second-order valence-electron chi connectivity index (χ2n) is 5.09. The maximum atomic E-state index is 5.48. The highest BCUT2D eigenvalue weighted by Crippen LogP contribution is 2.10. The Labute approximate surface area is 136 Å². The van der Waals surface area contributed by atoms with Gasteiger partial charge in [-0.3, -0.25) is 0 Å². The predicted molar refractivity (Wildman–Crippen MR) is 94.7 cm³/mol. The molecule has 0 atom stereocenters. The Morgan fingerprint density at radius 1 is 0.900 bits per heavy atom. The van der Waals surface area contributed by atoms with Gasteiger partial charge in [0.25, 0.3) is 0 Å². The van der Waals surface area contributed by atoms with Crippen molar-refractivity contribution < 1.29 is 4.74 Å². The summed E-state index contributed by atoms with van der Waals surface area (Å²) in [5.41, 5.74) is 5.30. The van der Waals surface area contributed by atoms with Crippen molar-refractivity contribution in [3.05, 3.63) is 0 Å². The monoisotopic (exact) mass is 324 g/mol. The van der Waals surface area contributed by atoms with E-state index in [0.717, 1.165) is 6.61 Å². The average molecular weight is 325 g/mol. The molecule has 20 heavy (non-hydrogen) atoms. The average Bonchev–Trinajstić information content (AvgIpc) is 2.39. The van der Waals surface area contributed by atoms with E-state index in [-0.39, 0.29) is 12.4 Å². The second kappa shape index (κ2) is 18.9. The first-order valence-electron chi connectivity index (χ1n) is 7.88. The molecule has 0 amide bonds. The minimum Gasteiger partial charge on any atom is -0.380 e. The van der Waals surface area contributed by atoms with E-state index < -0.39 is 0 Å². The van der Waals surface area contributed by atoms with E-state index in [9.17, 15) is 0 Å². The summed E-state index contributed by atoms with van der Waals surface area (Å²) in [5.74, 6) is 0. The molecule has 0 rings (SSSR count). The standard InChI is InChI=1S/C15H32N2OS.ClH/c1-2-3-4-5-6-7-8-9-10-11-13-18-14-12-17-15(16)19;/h2-14H2,1H3,(H3,16,17,19);1H. The molecule has 0 aromatic carbocycles. The normalized spacial score (nSPS) is 10.1. The van der Waals surface area contributed by atoms with E-state index in [1.165, 1.54) is 64.2 Å². The van der Waals surface area contributed by atoms with Crippen LogP contribution in [-0.2, 0) is 4.74 Å². The molecule has 0 unspecified atom stereocenters. The first-order chi connectivity index (χ1) is 9.27. The van der Waals surface area contributed by atoms with Crippen LogP contribution in [0.3, 0.4) is 0 Å². The summed E-state index contributed by atoms with van der Waals surface area (Å²) < 4.78 is 5.48. The third kappa shape index (κ3) is 20.3. The molecule has 0 spiro atoms. The van der Waals surface area contributed by atoms with Crippen LogP contribution in [0, 0.1) is 0 Å². The number of nitrogens with one attached hydrogen (secondary N) is 1. The zero-order valence-corrected chi connectivity index (χ0v) is 14.6. The van der Waals surface area contributed by atoms with Crippen molar-refractivity contribution in [1.82, 2.24) is 5.32 Å². The highest BCUT2D eigenvalue weighted by atomic mass is 35.5. The van der Waals surface area contributed by atoms with Gasteiger partial charge in [0.05, 0.1) is 6.61 Å². The molecule has 0 aliphatic rings. The highest BCUT2D eigenvalue weighted by molar-refractivity contribution is 7.80. The fourth-order valence-electron chi connectivity index (χ4n) is 2.04. The Morgan fingerprint density at radius 2 is 1.40 bits per heavy atom. The molecular formula is C15H33ClN2OS. The Morgan fingerprint density at radius 3 is 1.90 bits per heavy atom. The van der Waals surface area contributed by atoms with Crippen LogP contribution >= 0.6 is 24.6 Å². The molecule has 0 bridgehead atoms. The first-order valence-corrected chi connectivity index (χ1v) is 8.29. The summed E-state index contributed by atoms with van der Waals surface area (Å²) in [6, 6.07) is 0. The van der Waals surface area contributed by atoms with Crippen LogP contribution in [0.5, 0.6) is 0 Å². The zero-order chi connectivity index (χ0) is 14.2. The molecule has 0 aliphatic heterocycles. The summed E-state index contributed by atoms with van der Waals surface area (Å²) in [6.45, 7) is 4.53. The van der Waals surface area contributed by atoms with Gasteiger partial charge in [-0.1, -0.05) is 64.7 Å². The maximum absolute atomic E-state index is 5.48. The van der Waals surface area contributed by atoms with Crippen LogP contribution < -0.4 is 11.1 Å². The minimum atomic E-state index is 0. The fraction of sp³-hybridized carbons (Fsp3) is 0.933. The van der Waals surface area contributed by atoms with Crippen molar-refractivity contribution in [3.8, 4) is 0 Å². The van der Waals surface area contributed by atoms with Crippen LogP contribution in [0.25, 0.3) is 0 Å². The van der Waals surface area contributed by atoms with Gasteiger partial charge in [0.15, 0.2) is 5.11 Å². The van der Waals surface area contributed by atoms with Crippen LogP contribution in [0.4, 0.5) is 0 Å². The third-order valence-corrected chi connectivity index (χ3v) is 3.33. The number of thiocarbonyl (C=S) groups is 1. The Balaban J connectivity index is 0. The lowest BCUT2D eigenvalue weighted by molar-refractivity contribution is 0.134. The minimum absolute atomic E-state index is 0. The second-order valence-corrected chi connectivity index (χ2v) is 5.53. The molecule has 0 saturated heterocycles. The van der Waals surface area contributed by atoms with Crippen molar-refractivity contribution >= 4 is 29.7 Å². The molecule has 0 aliphatic carbocycles. The molecule has 3 nitrogen and oxygen atoms in total. The van der Waals surface area contributed by atoms with Gasteiger partial charge in [-0.2, -0.15) is 0 Å². The summed E-state index contributed by atoms with van der Waals surface area (Å²) in [7, 11) is 0. The van der Waals surface area contributed by atoms with Gasteiger partial charge in [0.1, 0.15) is 0 Å². The van der Waals surface area contributed by atoms with Crippen LogP contribution in [0.2, 0.25) is 0 Å². The number of ether oxygens (including phenoxy) is 1. The van der Waals surface area contributed by atoms with Crippen LogP contribution in [0.1, 0.15) is 71.1 Å². The molecule has 0 saturated carbocycles. The van der Waals surface area contributed by atoms with E-state index in [1.807, 2.05) is 0 Å². The summed E-state index contributed by atoms with van der Waals surface area (Å²) in [5, 5.41) is 3.22. The van der Waals surface area contributed by atoms with E-state index in [4.69, 9.17) is 22.7 Å². The van der Waals surface area contributed by atoms with Gasteiger partial charge in [0, 0.05) is 13.2 Å². The predicted octanol–water partition coefficient (Wildman–Crippen LogP) is 4.18. The number of nitrogens with two attached hydrogens (primary N) is 1. The zero-order valence-electron chi connectivity index (χ0n) is 13.0. The smallest absolute Gasteiger partial charge is 0.163 e. The molecule has 0 radical (unpaired) electrons. The lowest BCUT2D eigenvalue weighted by Crippen LogP contribution is -2.31. The van der Waals surface area contributed by atoms with Crippen molar-refractivity contribution in [3.63, 3.8) is 0 Å². The van der Waals surface area contributed by atoms with E-state index in [1.54, 1.807) is 0 Å². The van der Waals surface area contributed by atoms with Gasteiger partial charge in [-0.05, 0) is 18.6 Å². The molecule has 0 aromatic rings. The Bertz CT molecular complexity index is 206. The largest absolute Gasteiger partial charge is 0.380 e. The SMILES string of the molecule is CCCCCCCCCCCCOCCNC(N)=S.Cl. The van der Waals surface area contributed by atoms with Gasteiger partial charge in [-0.15, -0.1) is 12.4 Å². The fourth-order valence-corrected chi connectivity index (χ4v) is 2.14. The number of rotatable bonds is 14. The summed E-state index contributed by atoms with van der Waals surface area (Å²) in [4.78, 5) is 0. The summed E-state index contributed by atoms with van der Waals surface area (Å²) >= 11 is 4.70.